The van der Waals surface area contributed by atoms with Crippen LogP contribution in [0.15, 0.2) is 60.9 Å². The minimum Gasteiger partial charge on any atom is -0.384 e. The molecule has 27 heavy (non-hydrogen) atoms. The number of benzene rings is 2. The summed E-state index contributed by atoms with van der Waals surface area (Å²) in [6, 6.07) is 18.3. The maximum Gasteiger partial charge on any atom is 0.270 e. The van der Waals surface area contributed by atoms with Crippen molar-refractivity contribution in [2.75, 3.05) is 17.2 Å². The molecule has 0 aliphatic carbocycles. The van der Waals surface area contributed by atoms with Crippen molar-refractivity contribution in [3.63, 3.8) is 0 Å². The van der Waals surface area contributed by atoms with Crippen LogP contribution in [0, 0.1) is 0 Å². The predicted octanol–water partition coefficient (Wildman–Crippen LogP) is 3.07. The topological polar surface area (TPSA) is 84.1 Å². The molecule has 0 bridgehead atoms. The molecule has 2 aromatic carbocycles. The summed E-state index contributed by atoms with van der Waals surface area (Å²) >= 11 is 0. The van der Waals surface area contributed by atoms with E-state index in [1.807, 2.05) is 12.1 Å². The van der Waals surface area contributed by atoms with Crippen LogP contribution in [-0.2, 0) is 13.0 Å². The van der Waals surface area contributed by atoms with E-state index in [4.69, 9.17) is 5.73 Å². The molecule has 3 N–H and O–H groups in total. The molecule has 2 heterocycles. The highest BCUT2D eigenvalue weighted by Crippen LogP contribution is 2.33. The van der Waals surface area contributed by atoms with Crippen molar-refractivity contribution >= 4 is 23.1 Å². The Morgan fingerprint density at radius 2 is 1.93 bits per heavy atom. The molecule has 3 aromatic rings. The van der Waals surface area contributed by atoms with Gasteiger partial charge in [-0.2, -0.15) is 0 Å². The highest BCUT2D eigenvalue weighted by atomic mass is 16.1. The maximum atomic E-state index is 12.2. The SMILES string of the molecule is Nc1cc(C(=O)NCc2ccc(N3CCCc4ccccc43)cc2)ncn1. The van der Waals surface area contributed by atoms with Gasteiger partial charge in [-0.3, -0.25) is 4.79 Å². The molecular weight excluding hydrogens is 338 g/mol. The molecule has 0 radical (unpaired) electrons. The third-order valence-corrected chi connectivity index (χ3v) is 4.73. The van der Waals surface area contributed by atoms with Crippen LogP contribution < -0.4 is 16.0 Å². The van der Waals surface area contributed by atoms with Crippen LogP contribution in [-0.4, -0.2) is 22.4 Å². The number of anilines is 3. The summed E-state index contributed by atoms with van der Waals surface area (Å²) in [5.74, 6) is 0.0134. The number of rotatable bonds is 4. The number of nitrogen functional groups attached to an aromatic ring is 1. The van der Waals surface area contributed by atoms with E-state index in [-0.39, 0.29) is 17.4 Å². The van der Waals surface area contributed by atoms with E-state index in [1.54, 1.807) is 0 Å². The molecule has 0 saturated heterocycles. The summed E-state index contributed by atoms with van der Waals surface area (Å²) < 4.78 is 0. The number of nitrogens with zero attached hydrogens (tertiary/aromatic N) is 3. The van der Waals surface area contributed by atoms with Gasteiger partial charge < -0.3 is 16.0 Å². The van der Waals surface area contributed by atoms with E-state index in [1.165, 1.54) is 29.3 Å². The molecule has 0 spiro atoms. The molecule has 1 aliphatic rings. The molecule has 0 unspecified atom stereocenters. The van der Waals surface area contributed by atoms with Gasteiger partial charge in [0.15, 0.2) is 0 Å². The largest absolute Gasteiger partial charge is 0.384 e. The number of hydrogen-bond donors (Lipinski definition) is 2. The highest BCUT2D eigenvalue weighted by Gasteiger charge is 2.17. The van der Waals surface area contributed by atoms with E-state index in [0.717, 1.165) is 24.9 Å². The zero-order chi connectivity index (χ0) is 18.6. The van der Waals surface area contributed by atoms with Crippen LogP contribution in [0.1, 0.15) is 28.0 Å². The average Bonchev–Trinajstić information content (AvgIpc) is 2.72. The van der Waals surface area contributed by atoms with E-state index < -0.39 is 0 Å². The Morgan fingerprint density at radius 3 is 2.74 bits per heavy atom. The third-order valence-electron chi connectivity index (χ3n) is 4.73. The number of fused-ring (bicyclic) bond motifs is 1. The summed E-state index contributed by atoms with van der Waals surface area (Å²) in [4.78, 5) is 22.2. The van der Waals surface area contributed by atoms with Crippen LogP contribution in [0.4, 0.5) is 17.2 Å². The van der Waals surface area contributed by atoms with Crippen LogP contribution in [0.3, 0.4) is 0 Å². The van der Waals surface area contributed by atoms with Crippen molar-refractivity contribution in [2.24, 2.45) is 0 Å². The average molecular weight is 359 g/mol. The number of aryl methyl sites for hydroxylation is 1. The molecular formula is C21H21N5O. The molecule has 0 saturated carbocycles. The summed E-state index contributed by atoms with van der Waals surface area (Å²) in [5, 5.41) is 2.86. The number of amides is 1. The Bertz CT molecular complexity index is 955. The first kappa shape index (κ1) is 17.0. The Balaban J connectivity index is 1.43. The van der Waals surface area contributed by atoms with E-state index in [0.29, 0.717) is 6.54 Å². The monoisotopic (exact) mass is 359 g/mol. The molecule has 136 valence electrons. The lowest BCUT2D eigenvalue weighted by atomic mass is 10.0. The van der Waals surface area contributed by atoms with Crippen LogP contribution >= 0.6 is 0 Å². The van der Waals surface area contributed by atoms with Crippen molar-refractivity contribution in [2.45, 2.75) is 19.4 Å². The van der Waals surface area contributed by atoms with Gasteiger partial charge in [0.2, 0.25) is 0 Å². The second-order valence-corrected chi connectivity index (χ2v) is 6.56. The first-order valence-corrected chi connectivity index (χ1v) is 9.01. The molecule has 0 atom stereocenters. The number of aromatic nitrogens is 2. The Labute approximate surface area is 158 Å². The third kappa shape index (κ3) is 3.74. The van der Waals surface area contributed by atoms with Gasteiger partial charge in [0.1, 0.15) is 17.8 Å². The maximum absolute atomic E-state index is 12.2. The van der Waals surface area contributed by atoms with Crippen LogP contribution in [0.25, 0.3) is 0 Å². The van der Waals surface area contributed by atoms with E-state index in [9.17, 15) is 4.79 Å². The smallest absolute Gasteiger partial charge is 0.270 e. The Morgan fingerprint density at radius 1 is 1.11 bits per heavy atom. The van der Waals surface area contributed by atoms with Crippen molar-refractivity contribution in [1.29, 1.82) is 0 Å². The summed E-state index contributed by atoms with van der Waals surface area (Å²) in [5.41, 5.74) is 10.7. The number of nitrogens with one attached hydrogen (secondary N) is 1. The second kappa shape index (κ2) is 7.45. The molecule has 6 nitrogen and oxygen atoms in total. The van der Waals surface area contributed by atoms with Gasteiger partial charge in [-0.05, 0) is 42.2 Å². The molecule has 6 heteroatoms. The van der Waals surface area contributed by atoms with E-state index in [2.05, 4.69) is 56.6 Å². The number of carbonyl (C=O) groups is 1. The fourth-order valence-corrected chi connectivity index (χ4v) is 3.36. The van der Waals surface area contributed by atoms with Gasteiger partial charge in [0.05, 0.1) is 0 Å². The minimum absolute atomic E-state index is 0.266. The van der Waals surface area contributed by atoms with Gasteiger partial charge in [-0.25, -0.2) is 9.97 Å². The molecule has 4 rings (SSSR count). The normalized spacial score (nSPS) is 13.1. The first-order chi connectivity index (χ1) is 13.2. The summed E-state index contributed by atoms with van der Waals surface area (Å²) in [7, 11) is 0. The standard InChI is InChI=1S/C21H21N5O/c22-20-12-18(24-14-25-20)21(27)23-13-15-7-9-17(10-8-15)26-11-3-5-16-4-1-2-6-19(16)26/h1-2,4,6-10,12,14H,3,5,11,13H2,(H,23,27)(H2,22,24,25). The Hall–Kier alpha value is -3.41. The summed E-state index contributed by atoms with van der Waals surface area (Å²) in [6.07, 6.45) is 3.57. The van der Waals surface area contributed by atoms with Gasteiger partial charge in [-0.15, -0.1) is 0 Å². The molecule has 1 aromatic heterocycles. The quantitative estimate of drug-likeness (QED) is 0.748. The van der Waals surface area contributed by atoms with Crippen LogP contribution in [0.2, 0.25) is 0 Å². The van der Waals surface area contributed by atoms with Crippen molar-refractivity contribution in [3.05, 3.63) is 77.7 Å². The predicted molar refractivity (Wildman–Crippen MR) is 106 cm³/mol. The number of hydrogen-bond acceptors (Lipinski definition) is 5. The molecule has 1 amide bonds. The fraction of sp³-hybridized carbons (Fsp3) is 0.190. The first-order valence-electron chi connectivity index (χ1n) is 9.01. The lowest BCUT2D eigenvalue weighted by Gasteiger charge is -2.31. The van der Waals surface area contributed by atoms with Crippen molar-refractivity contribution in [1.82, 2.24) is 15.3 Å². The number of carbonyl (C=O) groups excluding carboxylic acids is 1. The molecule has 0 fully saturated rings. The molecule has 1 aliphatic heterocycles. The second-order valence-electron chi connectivity index (χ2n) is 6.56. The fourth-order valence-electron chi connectivity index (χ4n) is 3.36. The zero-order valence-electron chi connectivity index (χ0n) is 14.9. The number of nitrogens with two attached hydrogens (primary N) is 1. The highest BCUT2D eigenvalue weighted by molar-refractivity contribution is 5.92. The van der Waals surface area contributed by atoms with Gasteiger partial charge in [-0.1, -0.05) is 30.3 Å². The lowest BCUT2D eigenvalue weighted by molar-refractivity contribution is 0.0946. The van der Waals surface area contributed by atoms with Gasteiger partial charge in [0, 0.05) is 30.5 Å². The number of para-hydroxylation sites is 1. The van der Waals surface area contributed by atoms with Crippen molar-refractivity contribution < 1.29 is 4.79 Å². The van der Waals surface area contributed by atoms with Gasteiger partial charge >= 0.3 is 0 Å². The summed E-state index contributed by atoms with van der Waals surface area (Å²) in [6.45, 7) is 1.45. The van der Waals surface area contributed by atoms with Crippen LogP contribution in [0.5, 0.6) is 0 Å². The zero-order valence-corrected chi connectivity index (χ0v) is 14.9. The minimum atomic E-state index is -0.266. The van der Waals surface area contributed by atoms with Crippen molar-refractivity contribution in [3.8, 4) is 0 Å². The van der Waals surface area contributed by atoms with E-state index >= 15 is 0 Å². The van der Waals surface area contributed by atoms with Gasteiger partial charge in [0.25, 0.3) is 5.91 Å². The lowest BCUT2D eigenvalue weighted by Crippen LogP contribution is -2.25. The Kier molecular flexibility index (Phi) is 4.70.